The van der Waals surface area contributed by atoms with Crippen LogP contribution in [0.2, 0.25) is 0 Å². The zero-order valence-corrected chi connectivity index (χ0v) is 16.2. The number of nitrogens with zero attached hydrogens (tertiary/aromatic N) is 1. The molecule has 146 valence electrons. The molecule has 0 bridgehead atoms. The van der Waals surface area contributed by atoms with E-state index in [1.807, 2.05) is 6.92 Å². The first kappa shape index (κ1) is 18.7. The van der Waals surface area contributed by atoms with Crippen LogP contribution in [0.5, 0.6) is 0 Å². The van der Waals surface area contributed by atoms with E-state index < -0.39 is 21.3 Å². The molecule has 0 saturated heterocycles. The van der Waals surface area contributed by atoms with Crippen molar-refractivity contribution >= 4 is 26.6 Å². The van der Waals surface area contributed by atoms with Crippen molar-refractivity contribution < 1.29 is 8.42 Å². The quantitative estimate of drug-likeness (QED) is 0.543. The van der Waals surface area contributed by atoms with Gasteiger partial charge >= 0.3 is 5.69 Å². The number of H-pyrrole nitrogens is 1. The molecule has 0 saturated carbocycles. The van der Waals surface area contributed by atoms with Crippen molar-refractivity contribution in [3.05, 3.63) is 99.2 Å². The van der Waals surface area contributed by atoms with Crippen LogP contribution in [0.1, 0.15) is 5.56 Å². The maximum atomic E-state index is 12.7. The summed E-state index contributed by atoms with van der Waals surface area (Å²) in [6, 6.07) is 19.3. The van der Waals surface area contributed by atoms with E-state index in [9.17, 15) is 18.0 Å². The van der Waals surface area contributed by atoms with Crippen molar-refractivity contribution in [3.63, 3.8) is 0 Å². The van der Waals surface area contributed by atoms with E-state index >= 15 is 0 Å². The van der Waals surface area contributed by atoms with Gasteiger partial charge in [0.15, 0.2) is 0 Å². The molecular formula is C21H17N3O4S. The summed E-state index contributed by atoms with van der Waals surface area (Å²) in [5, 5.41) is 0.385. The van der Waals surface area contributed by atoms with Gasteiger partial charge in [-0.3, -0.25) is 9.52 Å². The summed E-state index contributed by atoms with van der Waals surface area (Å²) in [6.45, 7) is 1.87. The first-order valence-electron chi connectivity index (χ1n) is 8.79. The van der Waals surface area contributed by atoms with Gasteiger partial charge in [0.25, 0.3) is 15.6 Å². The van der Waals surface area contributed by atoms with Gasteiger partial charge < -0.3 is 4.98 Å². The van der Waals surface area contributed by atoms with Gasteiger partial charge in [-0.15, -0.1) is 0 Å². The minimum Gasteiger partial charge on any atom is -0.306 e. The van der Waals surface area contributed by atoms with E-state index in [-0.39, 0.29) is 4.90 Å². The number of anilines is 1. The second-order valence-electron chi connectivity index (χ2n) is 6.58. The average molecular weight is 407 g/mol. The molecule has 1 heterocycles. The van der Waals surface area contributed by atoms with E-state index in [2.05, 4.69) is 9.71 Å². The summed E-state index contributed by atoms with van der Waals surface area (Å²) in [6.07, 6.45) is 0. The van der Waals surface area contributed by atoms with Gasteiger partial charge in [-0.05, 0) is 55.5 Å². The highest BCUT2D eigenvalue weighted by Gasteiger charge is 2.14. The van der Waals surface area contributed by atoms with Crippen molar-refractivity contribution in [1.82, 2.24) is 9.55 Å². The maximum absolute atomic E-state index is 12.7. The second kappa shape index (κ2) is 7.06. The molecule has 0 aliphatic carbocycles. The number of aromatic nitrogens is 2. The topological polar surface area (TPSA) is 101 Å². The normalized spacial score (nSPS) is 11.5. The molecular weight excluding hydrogens is 390 g/mol. The van der Waals surface area contributed by atoms with Crippen LogP contribution in [0.4, 0.5) is 5.69 Å². The average Bonchev–Trinajstić information content (AvgIpc) is 2.69. The summed E-state index contributed by atoms with van der Waals surface area (Å²) in [5.41, 5.74) is 1.06. The number of nitrogens with one attached hydrogen (secondary N) is 2. The zero-order chi connectivity index (χ0) is 20.6. The van der Waals surface area contributed by atoms with E-state index in [4.69, 9.17) is 0 Å². The standard InChI is InChI=1S/C21H17N3O4S/c1-14-6-12-17(13-7-14)29(27,28)23-15-8-10-16(11-9-15)24-20(25)18-4-2-3-5-19(18)22-21(24)26/h2-13,23H,1H3,(H,22,26). The monoisotopic (exact) mass is 407 g/mol. The Morgan fingerprint density at radius 2 is 1.52 bits per heavy atom. The van der Waals surface area contributed by atoms with E-state index in [1.54, 1.807) is 36.4 Å². The van der Waals surface area contributed by atoms with Crippen molar-refractivity contribution in [2.24, 2.45) is 0 Å². The molecule has 4 aromatic rings. The molecule has 1 aromatic heterocycles. The van der Waals surface area contributed by atoms with Crippen LogP contribution in [0.15, 0.2) is 87.3 Å². The van der Waals surface area contributed by atoms with Gasteiger partial charge in [-0.1, -0.05) is 29.8 Å². The van der Waals surface area contributed by atoms with Gasteiger partial charge in [-0.25, -0.2) is 17.8 Å². The molecule has 0 aliphatic rings. The van der Waals surface area contributed by atoms with Gasteiger partial charge in [-0.2, -0.15) is 0 Å². The minimum atomic E-state index is -3.74. The predicted octanol–water partition coefficient (Wildman–Crippen LogP) is 2.79. The predicted molar refractivity (Wildman–Crippen MR) is 112 cm³/mol. The second-order valence-corrected chi connectivity index (χ2v) is 8.26. The fourth-order valence-corrected chi connectivity index (χ4v) is 4.07. The Labute approximate surface area is 166 Å². The maximum Gasteiger partial charge on any atom is 0.333 e. The van der Waals surface area contributed by atoms with Crippen LogP contribution >= 0.6 is 0 Å². The summed E-state index contributed by atoms with van der Waals surface area (Å²) in [5.74, 6) is 0. The summed E-state index contributed by atoms with van der Waals surface area (Å²) in [7, 11) is -3.74. The lowest BCUT2D eigenvalue weighted by Gasteiger charge is -2.10. The summed E-state index contributed by atoms with van der Waals surface area (Å²) >= 11 is 0. The molecule has 0 aliphatic heterocycles. The van der Waals surface area contributed by atoms with Crippen LogP contribution in [0.3, 0.4) is 0 Å². The third kappa shape index (κ3) is 3.57. The largest absolute Gasteiger partial charge is 0.333 e. The molecule has 0 radical (unpaired) electrons. The van der Waals surface area contributed by atoms with Crippen molar-refractivity contribution in [2.45, 2.75) is 11.8 Å². The van der Waals surface area contributed by atoms with Crippen LogP contribution in [0.25, 0.3) is 16.6 Å². The molecule has 0 atom stereocenters. The number of sulfonamides is 1. The number of hydrogen-bond acceptors (Lipinski definition) is 4. The summed E-state index contributed by atoms with van der Waals surface area (Å²) in [4.78, 5) is 27.9. The highest BCUT2D eigenvalue weighted by atomic mass is 32.2. The molecule has 0 fully saturated rings. The highest BCUT2D eigenvalue weighted by Crippen LogP contribution is 2.18. The number of hydrogen-bond donors (Lipinski definition) is 2. The molecule has 4 rings (SSSR count). The Bertz CT molecular complexity index is 1420. The SMILES string of the molecule is Cc1ccc(S(=O)(=O)Nc2ccc(-n3c(=O)[nH]c4ccccc4c3=O)cc2)cc1. The van der Waals surface area contributed by atoms with Crippen molar-refractivity contribution in [2.75, 3.05) is 4.72 Å². The van der Waals surface area contributed by atoms with Crippen LogP contribution < -0.4 is 16.0 Å². The van der Waals surface area contributed by atoms with Gasteiger partial charge in [0.1, 0.15) is 0 Å². The molecule has 0 unspecified atom stereocenters. The number of para-hydroxylation sites is 1. The first-order chi connectivity index (χ1) is 13.8. The minimum absolute atomic E-state index is 0.148. The third-order valence-corrected chi connectivity index (χ3v) is 5.91. The Hall–Kier alpha value is -3.65. The Morgan fingerprint density at radius 3 is 2.21 bits per heavy atom. The molecule has 0 amide bonds. The number of rotatable bonds is 4. The lowest BCUT2D eigenvalue weighted by molar-refractivity contribution is 0.601. The smallest absolute Gasteiger partial charge is 0.306 e. The van der Waals surface area contributed by atoms with Crippen LogP contribution in [0, 0.1) is 6.92 Å². The van der Waals surface area contributed by atoms with Crippen LogP contribution in [-0.4, -0.2) is 18.0 Å². The zero-order valence-electron chi connectivity index (χ0n) is 15.4. The number of aryl methyl sites for hydroxylation is 1. The lowest BCUT2D eigenvalue weighted by atomic mass is 10.2. The fourth-order valence-electron chi connectivity index (χ4n) is 3.01. The molecule has 3 aromatic carbocycles. The van der Waals surface area contributed by atoms with E-state index in [0.717, 1.165) is 10.1 Å². The number of aromatic amines is 1. The van der Waals surface area contributed by atoms with Gasteiger partial charge in [0, 0.05) is 5.69 Å². The van der Waals surface area contributed by atoms with Gasteiger partial charge in [0.2, 0.25) is 0 Å². The Balaban J connectivity index is 1.69. The number of benzene rings is 3. The highest BCUT2D eigenvalue weighted by molar-refractivity contribution is 7.92. The number of fused-ring (bicyclic) bond motifs is 1. The van der Waals surface area contributed by atoms with Crippen molar-refractivity contribution in [1.29, 1.82) is 0 Å². The lowest BCUT2D eigenvalue weighted by Crippen LogP contribution is -2.33. The molecule has 8 heteroatoms. The molecule has 29 heavy (non-hydrogen) atoms. The summed E-state index contributed by atoms with van der Waals surface area (Å²) < 4.78 is 28.5. The fraction of sp³-hybridized carbons (Fsp3) is 0.0476. The molecule has 0 spiro atoms. The van der Waals surface area contributed by atoms with E-state index in [1.165, 1.54) is 36.4 Å². The van der Waals surface area contributed by atoms with Crippen molar-refractivity contribution in [3.8, 4) is 5.69 Å². The third-order valence-electron chi connectivity index (χ3n) is 4.51. The Kier molecular flexibility index (Phi) is 4.56. The van der Waals surface area contributed by atoms with E-state index in [0.29, 0.717) is 22.3 Å². The van der Waals surface area contributed by atoms with Gasteiger partial charge in [0.05, 0.1) is 21.5 Å². The first-order valence-corrected chi connectivity index (χ1v) is 10.3. The van der Waals surface area contributed by atoms with Crippen LogP contribution in [-0.2, 0) is 10.0 Å². The molecule has 2 N–H and O–H groups in total. The Morgan fingerprint density at radius 1 is 0.862 bits per heavy atom. The molecule has 7 nitrogen and oxygen atoms in total.